The highest BCUT2D eigenvalue weighted by atomic mass is 16.5. The molecule has 4 atom stereocenters. The molecule has 2 heterocycles. The predicted molar refractivity (Wildman–Crippen MR) is 55.0 cm³/mol. The van der Waals surface area contributed by atoms with Gasteiger partial charge in [-0.1, -0.05) is 42.5 Å². The Bertz CT molecular complexity index is 360. The number of rotatable bonds is 1. The number of hydrogen-bond acceptors (Lipinski definition) is 2. The molecule has 0 saturated carbocycles. The molecule has 2 heteroatoms. The van der Waals surface area contributed by atoms with E-state index in [9.17, 15) is 0 Å². The zero-order valence-electron chi connectivity index (χ0n) is 7.84. The standard InChI is InChI=1S/C12H13NO/c13-12-10-7-6-9(14-10)11(12)8-4-2-1-3-5-8/h1-7,9-12H,13H2. The molecule has 2 nitrogen and oxygen atoms in total. The summed E-state index contributed by atoms with van der Waals surface area (Å²) in [5.41, 5.74) is 7.41. The van der Waals surface area contributed by atoms with Gasteiger partial charge in [-0.05, 0) is 5.56 Å². The molecule has 3 rings (SSSR count). The Labute approximate surface area is 83.4 Å². The molecule has 1 aromatic carbocycles. The van der Waals surface area contributed by atoms with E-state index in [1.807, 2.05) is 6.07 Å². The van der Waals surface area contributed by atoms with E-state index >= 15 is 0 Å². The first kappa shape index (κ1) is 8.21. The summed E-state index contributed by atoms with van der Waals surface area (Å²) in [6.07, 6.45) is 4.53. The number of nitrogens with two attached hydrogens (primary N) is 1. The second kappa shape index (κ2) is 2.94. The van der Waals surface area contributed by atoms with Gasteiger partial charge in [-0.2, -0.15) is 0 Å². The molecule has 0 spiro atoms. The van der Waals surface area contributed by atoms with Crippen LogP contribution in [0.25, 0.3) is 0 Å². The van der Waals surface area contributed by atoms with E-state index in [-0.39, 0.29) is 18.2 Å². The number of benzene rings is 1. The lowest BCUT2D eigenvalue weighted by Gasteiger charge is -2.21. The number of hydrogen-bond donors (Lipinski definition) is 1. The van der Waals surface area contributed by atoms with Gasteiger partial charge < -0.3 is 10.5 Å². The van der Waals surface area contributed by atoms with Crippen LogP contribution in [-0.4, -0.2) is 18.2 Å². The van der Waals surface area contributed by atoms with Crippen LogP contribution < -0.4 is 5.73 Å². The van der Waals surface area contributed by atoms with Crippen LogP contribution in [0.4, 0.5) is 0 Å². The molecule has 1 aromatic rings. The minimum absolute atomic E-state index is 0.118. The van der Waals surface area contributed by atoms with Crippen molar-refractivity contribution in [2.24, 2.45) is 5.73 Å². The van der Waals surface area contributed by atoms with Gasteiger partial charge in [0, 0.05) is 12.0 Å². The largest absolute Gasteiger partial charge is 0.365 e. The van der Waals surface area contributed by atoms with Crippen LogP contribution in [0.5, 0.6) is 0 Å². The molecule has 1 saturated heterocycles. The minimum Gasteiger partial charge on any atom is -0.365 e. The Morgan fingerprint density at radius 1 is 1.00 bits per heavy atom. The molecule has 0 radical (unpaired) electrons. The average Bonchev–Trinajstić information content (AvgIpc) is 2.79. The molecule has 2 aliphatic rings. The van der Waals surface area contributed by atoms with Gasteiger partial charge in [-0.15, -0.1) is 0 Å². The third-order valence-electron chi connectivity index (χ3n) is 3.14. The summed E-state index contributed by atoms with van der Waals surface area (Å²) in [5, 5.41) is 0. The van der Waals surface area contributed by atoms with Gasteiger partial charge in [-0.3, -0.25) is 0 Å². The second-order valence-electron chi connectivity index (χ2n) is 3.96. The molecule has 0 aliphatic carbocycles. The smallest absolute Gasteiger partial charge is 0.0923 e. The van der Waals surface area contributed by atoms with Crippen molar-refractivity contribution in [1.29, 1.82) is 0 Å². The van der Waals surface area contributed by atoms with E-state index in [2.05, 4.69) is 36.4 Å². The summed E-state index contributed by atoms with van der Waals surface area (Å²) in [5.74, 6) is 0.339. The highest BCUT2D eigenvalue weighted by Gasteiger charge is 2.44. The summed E-state index contributed by atoms with van der Waals surface area (Å²) < 4.78 is 5.72. The van der Waals surface area contributed by atoms with Gasteiger partial charge in [0.1, 0.15) is 0 Å². The van der Waals surface area contributed by atoms with Crippen molar-refractivity contribution >= 4 is 0 Å². The summed E-state index contributed by atoms with van der Waals surface area (Å²) >= 11 is 0. The average molecular weight is 187 g/mol. The minimum atomic E-state index is 0.118. The Balaban J connectivity index is 1.97. The fourth-order valence-electron chi connectivity index (χ4n) is 2.43. The maximum atomic E-state index is 6.12. The first-order valence-electron chi connectivity index (χ1n) is 5.00. The zero-order chi connectivity index (χ0) is 9.54. The van der Waals surface area contributed by atoms with Crippen LogP contribution >= 0.6 is 0 Å². The van der Waals surface area contributed by atoms with Crippen LogP contribution in [-0.2, 0) is 4.74 Å². The Kier molecular flexibility index (Phi) is 1.72. The molecule has 2 N–H and O–H groups in total. The highest BCUT2D eigenvalue weighted by molar-refractivity contribution is 5.31. The van der Waals surface area contributed by atoms with Crippen LogP contribution in [0.2, 0.25) is 0 Å². The fraction of sp³-hybridized carbons (Fsp3) is 0.333. The van der Waals surface area contributed by atoms with Crippen LogP contribution in [0.1, 0.15) is 11.5 Å². The van der Waals surface area contributed by atoms with E-state index in [4.69, 9.17) is 10.5 Å². The zero-order valence-corrected chi connectivity index (χ0v) is 7.84. The fourth-order valence-corrected chi connectivity index (χ4v) is 2.43. The van der Waals surface area contributed by atoms with E-state index in [1.165, 1.54) is 5.56 Å². The molecule has 1 fully saturated rings. The second-order valence-corrected chi connectivity index (χ2v) is 3.96. The van der Waals surface area contributed by atoms with Gasteiger partial charge in [0.25, 0.3) is 0 Å². The lowest BCUT2D eigenvalue weighted by molar-refractivity contribution is 0.113. The van der Waals surface area contributed by atoms with Gasteiger partial charge in [0.15, 0.2) is 0 Å². The topological polar surface area (TPSA) is 35.2 Å². The van der Waals surface area contributed by atoms with Gasteiger partial charge in [0.2, 0.25) is 0 Å². The monoisotopic (exact) mass is 187 g/mol. The quantitative estimate of drug-likeness (QED) is 0.675. The van der Waals surface area contributed by atoms with Gasteiger partial charge in [0.05, 0.1) is 12.2 Å². The highest BCUT2D eigenvalue weighted by Crippen LogP contribution is 2.39. The van der Waals surface area contributed by atoms with Gasteiger partial charge >= 0.3 is 0 Å². The van der Waals surface area contributed by atoms with Crippen LogP contribution in [0, 0.1) is 0 Å². The van der Waals surface area contributed by atoms with Crippen molar-refractivity contribution in [2.75, 3.05) is 0 Å². The SMILES string of the molecule is NC1C2C=CC(O2)C1c1ccccc1. The Morgan fingerprint density at radius 3 is 2.36 bits per heavy atom. The van der Waals surface area contributed by atoms with Crippen molar-refractivity contribution in [3.05, 3.63) is 48.0 Å². The normalized spacial score (nSPS) is 39.2. The Hall–Kier alpha value is -1.12. The van der Waals surface area contributed by atoms with Crippen molar-refractivity contribution in [1.82, 2.24) is 0 Å². The summed E-state index contributed by atoms with van der Waals surface area (Å²) in [6, 6.07) is 10.5. The maximum Gasteiger partial charge on any atom is 0.0923 e. The molecule has 0 aromatic heterocycles. The predicted octanol–water partition coefficient (Wildman–Crippen LogP) is 1.43. The van der Waals surface area contributed by atoms with Gasteiger partial charge in [-0.25, -0.2) is 0 Å². The first-order valence-corrected chi connectivity index (χ1v) is 5.00. The van der Waals surface area contributed by atoms with Crippen molar-refractivity contribution in [3.8, 4) is 0 Å². The molecule has 4 unspecified atom stereocenters. The lowest BCUT2D eigenvalue weighted by atomic mass is 9.84. The van der Waals surface area contributed by atoms with E-state index in [1.54, 1.807) is 0 Å². The molecule has 0 amide bonds. The molecule has 2 bridgehead atoms. The van der Waals surface area contributed by atoms with Crippen molar-refractivity contribution in [2.45, 2.75) is 24.2 Å². The molecule has 14 heavy (non-hydrogen) atoms. The summed E-state index contributed by atoms with van der Waals surface area (Å²) in [6.45, 7) is 0. The molecule has 72 valence electrons. The van der Waals surface area contributed by atoms with Crippen LogP contribution in [0.3, 0.4) is 0 Å². The number of ether oxygens (including phenoxy) is 1. The maximum absolute atomic E-state index is 6.12. The first-order chi connectivity index (χ1) is 6.86. The Morgan fingerprint density at radius 2 is 1.71 bits per heavy atom. The molecular formula is C12H13NO. The molecular weight excluding hydrogens is 174 g/mol. The third-order valence-corrected chi connectivity index (χ3v) is 3.14. The lowest BCUT2D eigenvalue weighted by Crippen LogP contribution is -2.35. The summed E-state index contributed by atoms with van der Waals surface area (Å²) in [4.78, 5) is 0. The van der Waals surface area contributed by atoms with E-state index < -0.39 is 0 Å². The van der Waals surface area contributed by atoms with Crippen LogP contribution in [0.15, 0.2) is 42.5 Å². The van der Waals surface area contributed by atoms with Crippen molar-refractivity contribution in [3.63, 3.8) is 0 Å². The van der Waals surface area contributed by atoms with E-state index in [0.717, 1.165) is 0 Å². The number of fused-ring (bicyclic) bond motifs is 2. The third kappa shape index (κ3) is 1.04. The summed E-state index contributed by atoms with van der Waals surface area (Å²) in [7, 11) is 0. The molecule has 2 aliphatic heterocycles. The van der Waals surface area contributed by atoms with E-state index in [0.29, 0.717) is 5.92 Å². The van der Waals surface area contributed by atoms with Crippen molar-refractivity contribution < 1.29 is 4.74 Å².